The number of hydrogen-bond acceptors (Lipinski definition) is 7. The molecule has 3 aliphatic heterocycles. The number of nitro benzene ring substituents is 1. The van der Waals surface area contributed by atoms with E-state index in [1.165, 1.54) is 0 Å². The van der Waals surface area contributed by atoms with E-state index in [9.17, 15) is 14.9 Å². The molecule has 0 saturated carbocycles. The minimum atomic E-state index is -0.362. The first-order valence-corrected chi connectivity index (χ1v) is 12.8. The fraction of sp³-hybridized carbons (Fsp3) is 0.519. The number of para-hydroxylation sites is 1. The van der Waals surface area contributed by atoms with Crippen LogP contribution < -0.4 is 9.64 Å². The normalized spacial score (nSPS) is 26.2. The van der Waals surface area contributed by atoms with Crippen molar-refractivity contribution in [2.45, 2.75) is 38.5 Å². The summed E-state index contributed by atoms with van der Waals surface area (Å²) >= 11 is 0. The molecule has 9 nitrogen and oxygen atoms in total. The summed E-state index contributed by atoms with van der Waals surface area (Å²) in [6, 6.07) is 14.9. The van der Waals surface area contributed by atoms with Crippen molar-refractivity contribution in [3.05, 3.63) is 64.2 Å². The summed E-state index contributed by atoms with van der Waals surface area (Å²) in [6.07, 6.45) is 0.485. The minimum absolute atomic E-state index is 0.00499. The number of ether oxygens (including phenoxy) is 2. The first kappa shape index (κ1) is 24.5. The van der Waals surface area contributed by atoms with E-state index in [0.717, 1.165) is 43.2 Å². The third kappa shape index (κ3) is 5.17. The Labute approximate surface area is 211 Å². The second kappa shape index (κ2) is 10.4. The average Bonchev–Trinajstić information content (AvgIpc) is 2.87. The molecule has 0 spiro atoms. The van der Waals surface area contributed by atoms with E-state index in [4.69, 9.17) is 9.47 Å². The minimum Gasteiger partial charge on any atom is -0.492 e. The third-order valence-electron chi connectivity index (χ3n) is 7.46. The van der Waals surface area contributed by atoms with E-state index in [-0.39, 0.29) is 40.7 Å². The van der Waals surface area contributed by atoms with Crippen LogP contribution in [-0.4, -0.2) is 84.8 Å². The van der Waals surface area contributed by atoms with E-state index >= 15 is 0 Å². The van der Waals surface area contributed by atoms with Crippen LogP contribution in [0.4, 0.5) is 11.4 Å². The zero-order valence-electron chi connectivity index (χ0n) is 20.9. The van der Waals surface area contributed by atoms with Crippen molar-refractivity contribution in [1.29, 1.82) is 0 Å². The van der Waals surface area contributed by atoms with Gasteiger partial charge in [-0.1, -0.05) is 18.2 Å². The standard InChI is InChI=1S/C27H34N4O5/c1-19-16-29(17-20(2)36-19)27(32)24-15-21-14-22(31(33)34)8-9-25(21)30-11-10-28(18-26(24)30)12-13-35-23-6-4-3-5-7-23/h3-9,14,19-20,24,26H,10-13,15-18H2,1-2H3/t19-,20+,24-,26-/m1/s1. The lowest BCUT2D eigenvalue weighted by Gasteiger charge is -2.50. The molecule has 192 valence electrons. The maximum Gasteiger partial charge on any atom is 0.269 e. The first-order valence-electron chi connectivity index (χ1n) is 12.8. The maximum atomic E-state index is 13.9. The molecule has 2 fully saturated rings. The largest absolute Gasteiger partial charge is 0.492 e. The zero-order chi connectivity index (χ0) is 25.2. The highest BCUT2D eigenvalue weighted by molar-refractivity contribution is 5.82. The Bertz CT molecular complexity index is 1090. The quantitative estimate of drug-likeness (QED) is 0.451. The zero-order valence-corrected chi connectivity index (χ0v) is 20.9. The molecule has 3 aliphatic rings. The maximum absolute atomic E-state index is 13.9. The highest BCUT2D eigenvalue weighted by Crippen LogP contribution is 2.38. The molecule has 36 heavy (non-hydrogen) atoms. The molecule has 0 unspecified atom stereocenters. The Morgan fingerprint density at radius 1 is 1.08 bits per heavy atom. The Morgan fingerprint density at radius 2 is 1.83 bits per heavy atom. The number of nitrogens with zero attached hydrogens (tertiary/aromatic N) is 4. The average molecular weight is 495 g/mol. The van der Waals surface area contributed by atoms with Crippen LogP contribution in [0, 0.1) is 16.0 Å². The molecule has 0 aliphatic carbocycles. The number of fused-ring (bicyclic) bond motifs is 3. The molecule has 5 rings (SSSR count). The van der Waals surface area contributed by atoms with E-state index in [1.807, 2.05) is 55.1 Å². The summed E-state index contributed by atoms with van der Waals surface area (Å²) in [5, 5.41) is 11.4. The van der Waals surface area contributed by atoms with E-state index < -0.39 is 0 Å². The molecule has 0 aromatic heterocycles. The molecular weight excluding hydrogens is 460 g/mol. The van der Waals surface area contributed by atoms with E-state index in [0.29, 0.717) is 26.1 Å². The van der Waals surface area contributed by atoms with Gasteiger partial charge in [0.25, 0.3) is 5.69 Å². The number of anilines is 1. The highest BCUT2D eigenvalue weighted by Gasteiger charge is 2.44. The molecule has 3 heterocycles. The number of non-ortho nitro benzene ring substituents is 1. The fourth-order valence-electron chi connectivity index (χ4n) is 5.87. The topological polar surface area (TPSA) is 88.4 Å². The van der Waals surface area contributed by atoms with Gasteiger partial charge in [0, 0.05) is 57.1 Å². The lowest BCUT2D eigenvalue weighted by Crippen LogP contribution is -2.62. The summed E-state index contributed by atoms with van der Waals surface area (Å²) < 4.78 is 11.8. The predicted molar refractivity (Wildman–Crippen MR) is 136 cm³/mol. The second-order valence-corrected chi connectivity index (χ2v) is 10.1. The predicted octanol–water partition coefficient (Wildman–Crippen LogP) is 2.97. The van der Waals surface area contributed by atoms with Gasteiger partial charge in [0.1, 0.15) is 12.4 Å². The first-order chi connectivity index (χ1) is 17.4. The van der Waals surface area contributed by atoms with Gasteiger partial charge in [-0.2, -0.15) is 0 Å². The lowest BCUT2D eigenvalue weighted by atomic mass is 9.82. The molecule has 1 amide bonds. The molecular formula is C27H34N4O5. The summed E-state index contributed by atoms with van der Waals surface area (Å²) in [6.45, 7) is 8.85. The number of benzene rings is 2. The molecule has 0 radical (unpaired) electrons. The number of morpholine rings is 1. The number of carbonyl (C=O) groups is 1. The molecule has 4 atom stereocenters. The van der Waals surface area contributed by atoms with Gasteiger partial charge in [0.15, 0.2) is 0 Å². The van der Waals surface area contributed by atoms with Crippen LogP contribution in [0.2, 0.25) is 0 Å². The monoisotopic (exact) mass is 494 g/mol. The molecule has 2 aromatic carbocycles. The van der Waals surface area contributed by atoms with Crippen LogP contribution in [0.1, 0.15) is 19.4 Å². The van der Waals surface area contributed by atoms with Crippen LogP contribution in [0.25, 0.3) is 0 Å². The van der Waals surface area contributed by atoms with Crippen LogP contribution >= 0.6 is 0 Å². The van der Waals surface area contributed by atoms with Crippen molar-refractivity contribution in [2.75, 3.05) is 50.8 Å². The smallest absolute Gasteiger partial charge is 0.269 e. The van der Waals surface area contributed by atoms with Crippen LogP contribution in [0.15, 0.2) is 48.5 Å². The Morgan fingerprint density at radius 3 is 2.56 bits per heavy atom. The summed E-state index contributed by atoms with van der Waals surface area (Å²) in [7, 11) is 0. The van der Waals surface area contributed by atoms with Crippen molar-refractivity contribution in [3.63, 3.8) is 0 Å². The number of rotatable bonds is 6. The molecule has 2 saturated heterocycles. The number of carbonyl (C=O) groups excluding carboxylic acids is 1. The van der Waals surface area contributed by atoms with Gasteiger partial charge >= 0.3 is 0 Å². The number of nitro groups is 1. The van der Waals surface area contributed by atoms with Gasteiger partial charge < -0.3 is 19.3 Å². The van der Waals surface area contributed by atoms with Gasteiger partial charge in [0.05, 0.1) is 29.1 Å². The van der Waals surface area contributed by atoms with E-state index in [2.05, 4.69) is 9.80 Å². The Balaban J connectivity index is 1.35. The van der Waals surface area contributed by atoms with Gasteiger partial charge in [-0.3, -0.25) is 19.8 Å². The number of piperazine rings is 1. The van der Waals surface area contributed by atoms with E-state index in [1.54, 1.807) is 12.1 Å². The third-order valence-corrected chi connectivity index (χ3v) is 7.46. The molecule has 2 aromatic rings. The SMILES string of the molecule is C[C@@H]1CN(C(=O)[C@@H]2Cc3cc([N+](=O)[O-])ccc3N3CCN(CCOc4ccccc4)C[C@H]23)C[C@H](C)O1. The van der Waals surface area contributed by atoms with Crippen LogP contribution in [-0.2, 0) is 16.0 Å². The lowest BCUT2D eigenvalue weighted by molar-refractivity contribution is -0.384. The summed E-state index contributed by atoms with van der Waals surface area (Å²) in [4.78, 5) is 31.6. The second-order valence-electron chi connectivity index (χ2n) is 10.1. The number of hydrogen-bond donors (Lipinski definition) is 0. The van der Waals surface area contributed by atoms with Gasteiger partial charge in [-0.05, 0) is 44.0 Å². The summed E-state index contributed by atoms with van der Waals surface area (Å²) in [5.41, 5.74) is 1.97. The van der Waals surface area contributed by atoms with Gasteiger partial charge in [-0.15, -0.1) is 0 Å². The Kier molecular flexibility index (Phi) is 7.11. The van der Waals surface area contributed by atoms with Crippen LogP contribution in [0.3, 0.4) is 0 Å². The van der Waals surface area contributed by atoms with Crippen molar-refractivity contribution in [3.8, 4) is 5.75 Å². The van der Waals surface area contributed by atoms with Crippen molar-refractivity contribution < 1.29 is 19.2 Å². The highest BCUT2D eigenvalue weighted by atomic mass is 16.6. The molecule has 0 N–H and O–H groups in total. The van der Waals surface area contributed by atoms with Crippen molar-refractivity contribution in [2.24, 2.45) is 5.92 Å². The van der Waals surface area contributed by atoms with Crippen LogP contribution in [0.5, 0.6) is 5.75 Å². The fourth-order valence-corrected chi connectivity index (χ4v) is 5.87. The molecule has 0 bridgehead atoms. The van der Waals surface area contributed by atoms with Gasteiger partial charge in [0.2, 0.25) is 5.91 Å². The molecule has 9 heteroatoms. The van der Waals surface area contributed by atoms with Crippen molar-refractivity contribution in [1.82, 2.24) is 9.80 Å². The van der Waals surface area contributed by atoms with Crippen molar-refractivity contribution >= 4 is 17.3 Å². The summed E-state index contributed by atoms with van der Waals surface area (Å²) in [5.74, 6) is 0.703. The number of amides is 1. The Hall–Kier alpha value is -3.17. The van der Waals surface area contributed by atoms with Gasteiger partial charge in [-0.25, -0.2) is 0 Å².